The van der Waals surface area contributed by atoms with Crippen molar-refractivity contribution in [3.05, 3.63) is 50.6 Å². The molecule has 0 amide bonds. The van der Waals surface area contributed by atoms with Crippen LogP contribution in [0.25, 0.3) is 10.8 Å². The number of hydrogen-bond acceptors (Lipinski definition) is 7. The quantitative estimate of drug-likeness (QED) is 0.464. The summed E-state index contributed by atoms with van der Waals surface area (Å²) in [5.74, 6) is -1.21. The van der Waals surface area contributed by atoms with Crippen LogP contribution < -0.4 is 10.4 Å². The summed E-state index contributed by atoms with van der Waals surface area (Å²) in [6, 6.07) is 7.16. The smallest absolute Gasteiger partial charge is 0.299 e. The number of carbonyl (C=O) groups is 1. The van der Waals surface area contributed by atoms with Crippen LogP contribution in [0.1, 0.15) is 12.8 Å². The monoisotopic (exact) mass is 318 g/mol. The van der Waals surface area contributed by atoms with E-state index in [1.165, 1.54) is 12.1 Å². The molecular weight excluding hydrogens is 306 g/mol. The summed E-state index contributed by atoms with van der Waals surface area (Å²) < 4.78 is 0. The molecular formula is C14H12N3O6-. The number of hydrogen-bond donors (Lipinski definition) is 1. The number of nitro benzene ring substituents is 2. The zero-order chi connectivity index (χ0) is 17.0. The van der Waals surface area contributed by atoms with Crippen LogP contribution in [0.4, 0.5) is 17.1 Å². The van der Waals surface area contributed by atoms with Crippen molar-refractivity contribution >= 4 is 33.8 Å². The normalized spacial score (nSPS) is 10.4. The topological polar surface area (TPSA) is 138 Å². The first kappa shape index (κ1) is 16.1. The van der Waals surface area contributed by atoms with Gasteiger partial charge in [-0.2, -0.15) is 0 Å². The zero-order valence-corrected chi connectivity index (χ0v) is 11.9. The number of aliphatic carboxylic acids is 1. The minimum Gasteiger partial charge on any atom is -0.550 e. The van der Waals surface area contributed by atoms with Gasteiger partial charge in [0.15, 0.2) is 0 Å². The fourth-order valence-electron chi connectivity index (χ4n) is 2.27. The lowest BCUT2D eigenvalue weighted by molar-refractivity contribution is -0.392. The molecule has 0 unspecified atom stereocenters. The average molecular weight is 318 g/mol. The van der Waals surface area contributed by atoms with Crippen molar-refractivity contribution in [3.63, 3.8) is 0 Å². The Hall–Kier alpha value is -3.23. The predicted octanol–water partition coefficient (Wildman–Crippen LogP) is 1.60. The highest BCUT2D eigenvalue weighted by Crippen LogP contribution is 2.39. The summed E-state index contributed by atoms with van der Waals surface area (Å²) in [7, 11) is 0. The first-order valence-electron chi connectivity index (χ1n) is 6.70. The molecule has 1 N–H and O–H groups in total. The summed E-state index contributed by atoms with van der Waals surface area (Å²) in [5, 5.41) is 36.2. The highest BCUT2D eigenvalue weighted by Gasteiger charge is 2.24. The maximum absolute atomic E-state index is 11.2. The van der Waals surface area contributed by atoms with Crippen molar-refractivity contribution in [1.29, 1.82) is 0 Å². The number of nitro groups is 2. The van der Waals surface area contributed by atoms with Crippen LogP contribution in [0.5, 0.6) is 0 Å². The van der Waals surface area contributed by atoms with E-state index >= 15 is 0 Å². The maximum Gasteiger partial charge on any atom is 0.299 e. The minimum absolute atomic E-state index is 0.134. The molecule has 0 fully saturated rings. The van der Waals surface area contributed by atoms with Gasteiger partial charge in [-0.1, -0.05) is 18.2 Å². The molecule has 0 aliphatic carbocycles. The Labute approximate surface area is 129 Å². The van der Waals surface area contributed by atoms with E-state index in [-0.39, 0.29) is 36.1 Å². The van der Waals surface area contributed by atoms with Gasteiger partial charge < -0.3 is 15.2 Å². The number of fused-ring (bicyclic) bond motifs is 1. The Morgan fingerprint density at radius 3 is 2.22 bits per heavy atom. The molecule has 0 bridgehead atoms. The molecule has 0 aliphatic heterocycles. The van der Waals surface area contributed by atoms with Gasteiger partial charge in [0.1, 0.15) is 5.69 Å². The number of rotatable bonds is 7. The van der Waals surface area contributed by atoms with Crippen molar-refractivity contribution in [2.75, 3.05) is 11.9 Å². The van der Waals surface area contributed by atoms with Crippen LogP contribution >= 0.6 is 0 Å². The van der Waals surface area contributed by atoms with Crippen LogP contribution in [-0.2, 0) is 4.79 Å². The Morgan fingerprint density at radius 1 is 1.04 bits per heavy atom. The molecule has 0 aromatic heterocycles. The number of nitrogens with one attached hydrogen (secondary N) is 1. The third kappa shape index (κ3) is 3.51. The molecule has 0 heterocycles. The van der Waals surface area contributed by atoms with Gasteiger partial charge in [-0.15, -0.1) is 0 Å². The molecule has 9 heteroatoms. The van der Waals surface area contributed by atoms with Gasteiger partial charge in [-0.25, -0.2) is 0 Å². The van der Waals surface area contributed by atoms with E-state index in [1.807, 2.05) is 0 Å². The maximum atomic E-state index is 11.2. The van der Waals surface area contributed by atoms with Crippen LogP contribution in [0.15, 0.2) is 30.3 Å². The molecule has 0 saturated heterocycles. The first-order chi connectivity index (χ1) is 10.9. The van der Waals surface area contributed by atoms with E-state index < -0.39 is 21.5 Å². The van der Waals surface area contributed by atoms with Gasteiger partial charge in [-0.3, -0.25) is 20.2 Å². The minimum atomic E-state index is -1.21. The molecule has 0 saturated carbocycles. The highest BCUT2D eigenvalue weighted by molar-refractivity contribution is 6.03. The molecule has 2 aromatic carbocycles. The van der Waals surface area contributed by atoms with Crippen LogP contribution in [0.3, 0.4) is 0 Å². The summed E-state index contributed by atoms with van der Waals surface area (Å²) in [4.78, 5) is 31.4. The fourth-order valence-corrected chi connectivity index (χ4v) is 2.27. The van der Waals surface area contributed by atoms with E-state index in [4.69, 9.17) is 0 Å². The zero-order valence-electron chi connectivity index (χ0n) is 11.9. The second kappa shape index (κ2) is 6.69. The summed E-state index contributed by atoms with van der Waals surface area (Å²) in [5.41, 5.74) is -0.647. The van der Waals surface area contributed by atoms with E-state index in [9.17, 15) is 30.1 Å². The molecule has 120 valence electrons. The Bertz CT molecular complexity index is 789. The number of carboxylic acids is 1. The second-order valence-electron chi connectivity index (χ2n) is 4.75. The predicted molar refractivity (Wildman–Crippen MR) is 80.0 cm³/mol. The summed E-state index contributed by atoms with van der Waals surface area (Å²) in [6.07, 6.45) is 0.0243. The number of non-ortho nitro benzene ring substituents is 1. The highest BCUT2D eigenvalue weighted by atomic mass is 16.6. The molecule has 23 heavy (non-hydrogen) atoms. The number of carboxylic acid groups (broad SMARTS) is 1. The van der Waals surface area contributed by atoms with Crippen molar-refractivity contribution in [1.82, 2.24) is 0 Å². The Balaban J connectivity index is 2.50. The third-order valence-electron chi connectivity index (χ3n) is 3.25. The number of nitrogens with zero attached hydrogens (tertiary/aromatic N) is 2. The molecule has 0 atom stereocenters. The van der Waals surface area contributed by atoms with Gasteiger partial charge in [0, 0.05) is 17.9 Å². The second-order valence-corrected chi connectivity index (χ2v) is 4.75. The van der Waals surface area contributed by atoms with Gasteiger partial charge >= 0.3 is 0 Å². The number of benzene rings is 2. The SMILES string of the molecule is O=C([O-])CCCNc1c([N+](=O)[O-])cc([N+](=O)[O-])c2ccccc12. The van der Waals surface area contributed by atoms with Crippen molar-refractivity contribution in [2.24, 2.45) is 0 Å². The van der Waals surface area contributed by atoms with Crippen molar-refractivity contribution < 1.29 is 19.7 Å². The average Bonchev–Trinajstić information content (AvgIpc) is 2.50. The van der Waals surface area contributed by atoms with E-state index in [0.29, 0.717) is 5.39 Å². The lowest BCUT2D eigenvalue weighted by Gasteiger charge is -2.11. The van der Waals surface area contributed by atoms with Crippen molar-refractivity contribution in [3.8, 4) is 0 Å². The number of anilines is 1. The Kier molecular flexibility index (Phi) is 4.69. The van der Waals surface area contributed by atoms with Crippen molar-refractivity contribution in [2.45, 2.75) is 12.8 Å². The first-order valence-corrected chi connectivity index (χ1v) is 6.70. The fraction of sp³-hybridized carbons (Fsp3) is 0.214. The van der Waals surface area contributed by atoms with Crippen LogP contribution in [0.2, 0.25) is 0 Å². The van der Waals surface area contributed by atoms with Gasteiger partial charge in [0.25, 0.3) is 11.4 Å². The van der Waals surface area contributed by atoms with E-state index in [0.717, 1.165) is 6.07 Å². The summed E-state index contributed by atoms with van der Waals surface area (Å²) in [6.45, 7) is 0.163. The molecule has 2 rings (SSSR count). The Morgan fingerprint density at radius 2 is 1.65 bits per heavy atom. The molecule has 0 radical (unpaired) electrons. The number of carbonyl (C=O) groups excluding carboxylic acids is 1. The standard InChI is InChI=1S/C14H13N3O6/c18-13(19)6-3-7-15-14-10-5-2-1-4-9(10)11(16(20)21)8-12(14)17(22)23/h1-2,4-5,8,15H,3,6-7H2,(H,18,19)/p-1. The molecule has 0 aliphatic rings. The molecule has 9 nitrogen and oxygen atoms in total. The van der Waals surface area contributed by atoms with Crippen LogP contribution in [-0.4, -0.2) is 22.4 Å². The lowest BCUT2D eigenvalue weighted by Crippen LogP contribution is -2.22. The molecule has 2 aromatic rings. The largest absolute Gasteiger partial charge is 0.550 e. The lowest BCUT2D eigenvalue weighted by atomic mass is 10.0. The van der Waals surface area contributed by atoms with Gasteiger partial charge in [-0.05, 0) is 18.9 Å². The summed E-state index contributed by atoms with van der Waals surface area (Å²) >= 11 is 0. The third-order valence-corrected chi connectivity index (χ3v) is 3.25. The van der Waals surface area contributed by atoms with Crippen LogP contribution in [0, 0.1) is 20.2 Å². The molecule has 0 spiro atoms. The van der Waals surface area contributed by atoms with Gasteiger partial charge in [0.05, 0.1) is 21.3 Å². The van der Waals surface area contributed by atoms with E-state index in [1.54, 1.807) is 12.1 Å². The van der Waals surface area contributed by atoms with E-state index in [2.05, 4.69) is 5.32 Å². The van der Waals surface area contributed by atoms with Gasteiger partial charge in [0.2, 0.25) is 0 Å².